The Morgan fingerprint density at radius 3 is 1.49 bits per heavy atom. The first-order valence-electron chi connectivity index (χ1n) is 16.7. The highest BCUT2D eigenvalue weighted by Crippen LogP contribution is 2.45. The minimum absolute atomic E-state index is 1.05. The van der Waals surface area contributed by atoms with E-state index in [1.165, 1.54) is 81.2 Å². The Kier molecular flexibility index (Phi) is 6.43. The molecule has 1 aromatic heterocycles. The summed E-state index contributed by atoms with van der Waals surface area (Å²) in [5.74, 6) is 0. The zero-order valence-corrected chi connectivity index (χ0v) is 27.4. The fourth-order valence-corrected chi connectivity index (χ4v) is 8.74. The normalized spacial score (nSPS) is 11.7. The highest BCUT2D eigenvalue weighted by atomic mass is 32.1. The first-order valence-corrected chi connectivity index (χ1v) is 17.5. The van der Waals surface area contributed by atoms with Crippen LogP contribution in [-0.2, 0) is 0 Å². The van der Waals surface area contributed by atoms with E-state index in [0.717, 1.165) is 16.1 Å². The van der Waals surface area contributed by atoms with Crippen LogP contribution in [0.1, 0.15) is 0 Å². The van der Waals surface area contributed by atoms with Gasteiger partial charge in [-0.25, -0.2) is 4.98 Å². The van der Waals surface area contributed by atoms with Crippen LogP contribution in [0.3, 0.4) is 0 Å². The summed E-state index contributed by atoms with van der Waals surface area (Å²) in [5, 5.41) is 11.1. The molecule has 2 heteroatoms. The van der Waals surface area contributed by atoms with Crippen molar-refractivity contribution in [3.05, 3.63) is 176 Å². The lowest BCUT2D eigenvalue weighted by molar-refractivity contribution is 1.48. The summed E-state index contributed by atoms with van der Waals surface area (Å²) in [4.78, 5) is 5.05. The molecule has 10 aromatic rings. The Labute approximate surface area is 288 Å². The van der Waals surface area contributed by atoms with E-state index >= 15 is 0 Å². The van der Waals surface area contributed by atoms with E-state index in [0.29, 0.717) is 0 Å². The van der Waals surface area contributed by atoms with Crippen LogP contribution in [0.15, 0.2) is 176 Å². The molecule has 10 rings (SSSR count). The van der Waals surface area contributed by atoms with E-state index in [1.807, 2.05) is 0 Å². The predicted octanol–water partition coefficient (Wildman–Crippen LogP) is 13.6. The highest BCUT2D eigenvalue weighted by molar-refractivity contribution is 7.22. The summed E-state index contributed by atoms with van der Waals surface area (Å²) in [6.07, 6.45) is 0. The summed E-state index contributed by atoms with van der Waals surface area (Å²) in [7, 11) is 0. The van der Waals surface area contributed by atoms with Crippen LogP contribution in [0.2, 0.25) is 0 Å². The summed E-state index contributed by atoms with van der Waals surface area (Å²) in [5.41, 5.74) is 9.69. The second kappa shape index (κ2) is 11.3. The van der Waals surface area contributed by atoms with Gasteiger partial charge in [-0.1, -0.05) is 164 Å². The molecule has 0 saturated heterocycles. The lowest BCUT2D eigenvalue weighted by Crippen LogP contribution is -1.91. The maximum atomic E-state index is 5.05. The van der Waals surface area contributed by atoms with Crippen LogP contribution >= 0.6 is 11.3 Å². The Balaban J connectivity index is 1.17. The van der Waals surface area contributed by atoms with Crippen LogP contribution < -0.4 is 0 Å². The van der Waals surface area contributed by atoms with Crippen LogP contribution in [-0.4, -0.2) is 4.98 Å². The molecule has 1 nitrogen and oxygen atoms in total. The zero-order chi connectivity index (χ0) is 32.3. The van der Waals surface area contributed by atoms with Crippen LogP contribution in [0, 0.1) is 0 Å². The van der Waals surface area contributed by atoms with E-state index in [-0.39, 0.29) is 0 Å². The molecule has 0 radical (unpaired) electrons. The average molecular weight is 640 g/mol. The maximum Gasteiger partial charge on any atom is 0.124 e. The van der Waals surface area contributed by atoms with Gasteiger partial charge in [0.15, 0.2) is 0 Å². The molecule has 0 N–H and O–H groups in total. The van der Waals surface area contributed by atoms with Crippen molar-refractivity contribution in [2.75, 3.05) is 0 Å². The van der Waals surface area contributed by atoms with Crippen molar-refractivity contribution < 1.29 is 0 Å². The zero-order valence-electron chi connectivity index (χ0n) is 26.6. The average Bonchev–Trinajstić information content (AvgIpc) is 3.62. The van der Waals surface area contributed by atoms with Crippen molar-refractivity contribution in [2.45, 2.75) is 0 Å². The third-order valence-electron chi connectivity index (χ3n) is 9.87. The van der Waals surface area contributed by atoms with E-state index in [1.54, 1.807) is 11.3 Å². The molecular formula is C47H29NS. The van der Waals surface area contributed by atoms with Crippen molar-refractivity contribution in [1.82, 2.24) is 4.98 Å². The van der Waals surface area contributed by atoms with Crippen molar-refractivity contribution in [3.8, 4) is 44.0 Å². The second-order valence-electron chi connectivity index (χ2n) is 12.7. The number of hydrogen-bond donors (Lipinski definition) is 0. The van der Waals surface area contributed by atoms with Gasteiger partial charge in [-0.3, -0.25) is 0 Å². The van der Waals surface area contributed by atoms with Gasteiger partial charge < -0.3 is 0 Å². The summed E-state index contributed by atoms with van der Waals surface area (Å²) < 4.78 is 1.24. The number of hydrogen-bond acceptors (Lipinski definition) is 2. The molecule has 1 heterocycles. The number of nitrogens with zero attached hydrogens (tertiary/aromatic N) is 1. The SMILES string of the molecule is c1ccc(-c2ccc(-c3c4ccccc4c(-c4ccc5c(ccc6ccc7nc(-c8ccccc8)sc7c65)c4)c4ccccc34)cc2)cc1. The Bertz CT molecular complexity index is 2790. The van der Waals surface area contributed by atoms with Gasteiger partial charge in [0.05, 0.1) is 10.2 Å². The molecule has 49 heavy (non-hydrogen) atoms. The molecule has 0 atom stereocenters. The highest BCUT2D eigenvalue weighted by Gasteiger charge is 2.18. The summed E-state index contributed by atoms with van der Waals surface area (Å²) >= 11 is 1.79. The maximum absolute atomic E-state index is 5.05. The minimum Gasteiger partial charge on any atom is -0.236 e. The monoisotopic (exact) mass is 639 g/mol. The smallest absolute Gasteiger partial charge is 0.124 e. The van der Waals surface area contributed by atoms with Crippen LogP contribution in [0.25, 0.3) is 97.3 Å². The molecule has 228 valence electrons. The van der Waals surface area contributed by atoms with Gasteiger partial charge in [0.25, 0.3) is 0 Å². The third kappa shape index (κ3) is 4.57. The Hall–Kier alpha value is -6.09. The van der Waals surface area contributed by atoms with Gasteiger partial charge in [0, 0.05) is 10.9 Å². The van der Waals surface area contributed by atoms with Crippen molar-refractivity contribution in [3.63, 3.8) is 0 Å². The van der Waals surface area contributed by atoms with Crippen molar-refractivity contribution >= 4 is 64.6 Å². The van der Waals surface area contributed by atoms with Crippen LogP contribution in [0.5, 0.6) is 0 Å². The van der Waals surface area contributed by atoms with Gasteiger partial charge in [-0.05, 0) is 83.2 Å². The predicted molar refractivity (Wildman–Crippen MR) is 211 cm³/mol. The number of aromatic nitrogens is 1. The van der Waals surface area contributed by atoms with Gasteiger partial charge in [0.1, 0.15) is 5.01 Å². The molecule has 0 aliphatic rings. The minimum atomic E-state index is 1.05. The Morgan fingerprint density at radius 2 is 0.837 bits per heavy atom. The number of benzene rings is 9. The van der Waals surface area contributed by atoms with E-state index in [2.05, 4.69) is 176 Å². The lowest BCUT2D eigenvalue weighted by Gasteiger charge is -2.18. The van der Waals surface area contributed by atoms with Crippen molar-refractivity contribution in [2.24, 2.45) is 0 Å². The fraction of sp³-hybridized carbons (Fsp3) is 0. The standard InChI is InChI=1S/C47H29NS/c1-3-11-30(12-4-1)31-19-21-32(22-20-31)43-38-15-7-9-17-40(38)44(41-18-10-8-16-39(41)43)36-25-27-37-35(29-36)24-23-33-26-28-42-46(45(33)37)49-47(48-42)34-13-5-2-6-14-34/h1-29H. The number of rotatable bonds is 4. The molecule has 9 aromatic carbocycles. The first-order chi connectivity index (χ1) is 24.3. The van der Waals surface area contributed by atoms with Gasteiger partial charge >= 0.3 is 0 Å². The summed E-state index contributed by atoms with van der Waals surface area (Å²) in [6.45, 7) is 0. The number of fused-ring (bicyclic) bond motifs is 7. The van der Waals surface area contributed by atoms with Crippen LogP contribution in [0.4, 0.5) is 0 Å². The van der Waals surface area contributed by atoms with E-state index < -0.39 is 0 Å². The number of thiazole rings is 1. The van der Waals surface area contributed by atoms with Gasteiger partial charge in [-0.2, -0.15) is 0 Å². The molecule has 0 bridgehead atoms. The summed E-state index contributed by atoms with van der Waals surface area (Å²) in [6, 6.07) is 63.9. The molecule has 0 saturated carbocycles. The van der Waals surface area contributed by atoms with Crippen molar-refractivity contribution in [1.29, 1.82) is 0 Å². The quantitative estimate of drug-likeness (QED) is 0.138. The molecule has 0 fully saturated rings. The molecule has 0 amide bonds. The van der Waals surface area contributed by atoms with E-state index in [4.69, 9.17) is 4.98 Å². The molecule has 0 aliphatic heterocycles. The molecular weight excluding hydrogens is 611 g/mol. The Morgan fingerprint density at radius 1 is 0.347 bits per heavy atom. The molecule has 0 unspecified atom stereocenters. The molecule has 0 spiro atoms. The second-order valence-corrected chi connectivity index (χ2v) is 13.7. The first kappa shape index (κ1) is 28.0. The topological polar surface area (TPSA) is 12.9 Å². The largest absolute Gasteiger partial charge is 0.236 e. The molecule has 0 aliphatic carbocycles. The van der Waals surface area contributed by atoms with E-state index in [9.17, 15) is 0 Å². The van der Waals surface area contributed by atoms with Gasteiger partial charge in [0.2, 0.25) is 0 Å². The fourth-order valence-electron chi connectivity index (χ4n) is 7.60. The van der Waals surface area contributed by atoms with Gasteiger partial charge in [-0.15, -0.1) is 11.3 Å². The third-order valence-corrected chi connectivity index (χ3v) is 11.0. The lowest BCUT2D eigenvalue weighted by atomic mass is 9.85.